The van der Waals surface area contributed by atoms with E-state index in [1.165, 1.54) is 0 Å². The summed E-state index contributed by atoms with van der Waals surface area (Å²) in [7, 11) is 0. The number of aryl methyl sites for hydroxylation is 1. The molecule has 1 saturated carbocycles. The summed E-state index contributed by atoms with van der Waals surface area (Å²) < 4.78 is 2.17. The molecule has 2 aromatic rings. The molecule has 1 N–H and O–H groups in total. The molecule has 2 heterocycles. The average molecular weight is 395 g/mol. The second-order valence-electron chi connectivity index (χ2n) is 8.18. The molecule has 2 amide bonds. The minimum absolute atomic E-state index is 0.148. The summed E-state index contributed by atoms with van der Waals surface area (Å²) in [5.74, 6) is 1.39. The lowest BCUT2D eigenvalue weighted by Crippen LogP contribution is -2.38. The number of aromatic nitrogens is 2. The Labute approximate surface area is 172 Å². The molecule has 6 heteroatoms. The van der Waals surface area contributed by atoms with Crippen molar-refractivity contribution in [1.82, 2.24) is 19.8 Å². The van der Waals surface area contributed by atoms with Gasteiger partial charge in [0.25, 0.3) is 0 Å². The summed E-state index contributed by atoms with van der Waals surface area (Å²) >= 11 is 0. The van der Waals surface area contributed by atoms with Crippen LogP contribution in [0, 0.1) is 12.8 Å². The number of carbonyl (C=O) groups is 2. The van der Waals surface area contributed by atoms with E-state index in [0.29, 0.717) is 26.1 Å². The highest BCUT2D eigenvalue weighted by Gasteiger charge is 2.28. The van der Waals surface area contributed by atoms with Gasteiger partial charge in [-0.1, -0.05) is 30.7 Å². The molecule has 0 unspecified atom stereocenters. The van der Waals surface area contributed by atoms with Crippen LogP contribution in [0.4, 0.5) is 0 Å². The molecule has 0 spiro atoms. The van der Waals surface area contributed by atoms with Gasteiger partial charge in [-0.2, -0.15) is 0 Å². The van der Waals surface area contributed by atoms with Crippen LogP contribution in [0.15, 0.2) is 24.3 Å². The first kappa shape index (κ1) is 19.7. The van der Waals surface area contributed by atoms with Crippen LogP contribution in [0.5, 0.6) is 0 Å². The van der Waals surface area contributed by atoms with Gasteiger partial charge in [0, 0.05) is 25.4 Å². The molecule has 1 fully saturated rings. The van der Waals surface area contributed by atoms with Gasteiger partial charge in [-0.05, 0) is 37.8 Å². The van der Waals surface area contributed by atoms with Crippen molar-refractivity contribution in [2.45, 2.75) is 65.6 Å². The van der Waals surface area contributed by atoms with E-state index in [9.17, 15) is 9.59 Å². The van der Waals surface area contributed by atoms with Crippen LogP contribution in [0.2, 0.25) is 0 Å². The van der Waals surface area contributed by atoms with Gasteiger partial charge in [0.1, 0.15) is 5.82 Å². The number of benzene rings is 1. The molecular formula is C23H30N4O2. The molecule has 0 bridgehead atoms. The summed E-state index contributed by atoms with van der Waals surface area (Å²) in [4.78, 5) is 31.8. The van der Waals surface area contributed by atoms with Crippen LogP contribution < -0.4 is 5.32 Å². The number of imidazole rings is 1. The molecule has 29 heavy (non-hydrogen) atoms. The highest BCUT2D eigenvalue weighted by Crippen LogP contribution is 2.26. The van der Waals surface area contributed by atoms with Crippen molar-refractivity contribution in [3.05, 3.63) is 52.6 Å². The largest absolute Gasteiger partial charge is 0.349 e. The predicted molar refractivity (Wildman–Crippen MR) is 111 cm³/mol. The van der Waals surface area contributed by atoms with Crippen LogP contribution in [0.1, 0.15) is 54.5 Å². The van der Waals surface area contributed by atoms with Gasteiger partial charge in [0.05, 0.1) is 30.9 Å². The quantitative estimate of drug-likeness (QED) is 0.819. The lowest BCUT2D eigenvalue weighted by Gasteiger charge is -2.28. The number of fused-ring (bicyclic) bond motifs is 1. The molecule has 0 atom stereocenters. The van der Waals surface area contributed by atoms with E-state index in [2.05, 4.69) is 16.8 Å². The second kappa shape index (κ2) is 8.39. The molecule has 1 aliphatic heterocycles. The Kier molecular flexibility index (Phi) is 5.69. The van der Waals surface area contributed by atoms with E-state index in [1.54, 1.807) is 0 Å². The summed E-state index contributed by atoms with van der Waals surface area (Å²) in [5, 5.41) is 3.05. The van der Waals surface area contributed by atoms with E-state index < -0.39 is 0 Å². The van der Waals surface area contributed by atoms with E-state index in [4.69, 9.17) is 4.98 Å². The molecule has 6 nitrogen and oxygen atoms in total. The fraction of sp³-hybridized carbons (Fsp3) is 0.522. The lowest BCUT2D eigenvalue weighted by atomic mass is 9.85. The van der Waals surface area contributed by atoms with Crippen LogP contribution in [0.3, 0.4) is 0 Å². The first-order valence-electron chi connectivity index (χ1n) is 10.7. The van der Waals surface area contributed by atoms with Crippen LogP contribution in [-0.4, -0.2) is 32.8 Å². The highest BCUT2D eigenvalue weighted by molar-refractivity contribution is 5.80. The van der Waals surface area contributed by atoms with Gasteiger partial charge in [0.15, 0.2) is 0 Å². The van der Waals surface area contributed by atoms with Gasteiger partial charge in [-0.15, -0.1) is 0 Å². The monoisotopic (exact) mass is 394 g/mol. The number of nitrogens with one attached hydrogen (secondary N) is 1. The van der Waals surface area contributed by atoms with Crippen LogP contribution in [0.25, 0.3) is 0 Å². The maximum absolute atomic E-state index is 12.9. The Morgan fingerprint density at radius 3 is 2.72 bits per heavy atom. The maximum atomic E-state index is 12.9. The number of carbonyl (C=O) groups excluding carboxylic acids is 2. The topological polar surface area (TPSA) is 67.2 Å². The Morgan fingerprint density at radius 1 is 1.24 bits per heavy atom. The summed E-state index contributed by atoms with van der Waals surface area (Å²) in [6.07, 6.45) is 4.37. The number of hydrogen-bond donors (Lipinski definition) is 1. The minimum Gasteiger partial charge on any atom is -0.349 e. The van der Waals surface area contributed by atoms with E-state index in [1.807, 2.05) is 36.1 Å². The average Bonchev–Trinajstić information content (AvgIpc) is 3.03. The van der Waals surface area contributed by atoms with Crippen molar-refractivity contribution < 1.29 is 9.59 Å². The van der Waals surface area contributed by atoms with E-state index >= 15 is 0 Å². The van der Waals surface area contributed by atoms with Gasteiger partial charge < -0.3 is 14.8 Å². The Morgan fingerprint density at radius 2 is 2.03 bits per heavy atom. The maximum Gasteiger partial charge on any atom is 0.227 e. The van der Waals surface area contributed by atoms with Gasteiger partial charge in [-0.25, -0.2) is 4.98 Å². The van der Waals surface area contributed by atoms with Crippen molar-refractivity contribution in [1.29, 1.82) is 0 Å². The second-order valence-corrected chi connectivity index (χ2v) is 8.18. The molecular weight excluding hydrogens is 364 g/mol. The fourth-order valence-electron chi connectivity index (χ4n) is 4.26. The van der Waals surface area contributed by atoms with Crippen molar-refractivity contribution >= 4 is 11.8 Å². The van der Waals surface area contributed by atoms with Crippen molar-refractivity contribution in [3.63, 3.8) is 0 Å². The summed E-state index contributed by atoms with van der Waals surface area (Å²) in [5.41, 5.74) is 4.43. The molecule has 1 aromatic heterocycles. The normalized spacial score (nSPS) is 16.3. The Bertz CT molecular complexity index is 914. The molecule has 0 radical (unpaired) electrons. The summed E-state index contributed by atoms with van der Waals surface area (Å²) in [6.45, 7) is 6.69. The van der Waals surface area contributed by atoms with Gasteiger partial charge >= 0.3 is 0 Å². The highest BCUT2D eigenvalue weighted by atomic mass is 16.2. The molecule has 2 aliphatic rings. The number of hydrogen-bond acceptors (Lipinski definition) is 3. The third-order valence-electron chi connectivity index (χ3n) is 6.36. The minimum atomic E-state index is 0.148. The van der Waals surface area contributed by atoms with E-state index in [0.717, 1.165) is 60.6 Å². The molecule has 1 aromatic carbocycles. The first-order valence-corrected chi connectivity index (χ1v) is 10.7. The van der Waals surface area contributed by atoms with Crippen LogP contribution >= 0.6 is 0 Å². The third-order valence-corrected chi connectivity index (χ3v) is 6.36. The smallest absolute Gasteiger partial charge is 0.227 e. The number of amides is 2. The van der Waals surface area contributed by atoms with Crippen molar-refractivity contribution in [2.75, 3.05) is 6.54 Å². The standard InChI is InChI=1S/C23H30N4O2/c1-3-27-20-15-26(22(28)13-18-8-5-4-7-16(18)2)12-11-19(20)25-21(27)14-24-23(29)17-9-6-10-17/h4-5,7-8,17H,3,6,9-15H2,1-2H3,(H,24,29). The zero-order chi connectivity index (χ0) is 20.4. The number of rotatable bonds is 6. The Hall–Kier alpha value is -2.63. The first-order chi connectivity index (χ1) is 14.1. The molecule has 4 rings (SSSR count). The zero-order valence-electron chi connectivity index (χ0n) is 17.4. The van der Waals surface area contributed by atoms with Crippen LogP contribution in [-0.2, 0) is 42.1 Å². The van der Waals surface area contributed by atoms with Crippen molar-refractivity contribution in [3.8, 4) is 0 Å². The number of nitrogens with zero attached hydrogens (tertiary/aromatic N) is 3. The van der Waals surface area contributed by atoms with E-state index in [-0.39, 0.29) is 17.7 Å². The molecule has 154 valence electrons. The molecule has 1 aliphatic carbocycles. The predicted octanol–water partition coefficient (Wildman–Crippen LogP) is 2.76. The van der Waals surface area contributed by atoms with Gasteiger partial charge in [-0.3, -0.25) is 9.59 Å². The lowest BCUT2D eigenvalue weighted by molar-refractivity contribution is -0.131. The van der Waals surface area contributed by atoms with Crippen molar-refractivity contribution in [2.24, 2.45) is 5.92 Å². The SMILES string of the molecule is CCn1c(CNC(=O)C2CCC2)nc2c1CN(C(=O)Cc1ccccc1C)CC2. The Balaban J connectivity index is 1.44. The third kappa shape index (κ3) is 4.07. The fourth-order valence-corrected chi connectivity index (χ4v) is 4.26. The van der Waals surface area contributed by atoms with Gasteiger partial charge in [0.2, 0.25) is 11.8 Å². The zero-order valence-corrected chi connectivity index (χ0v) is 17.4. The molecule has 0 saturated heterocycles. The summed E-state index contributed by atoms with van der Waals surface area (Å²) in [6, 6.07) is 8.07.